The SMILES string of the molecule is CC1(C)OCC([C@@H]2C[C@H]3OC(C)(C)OC3O2)CO1. The fraction of sp³-hybridized carbons (Fsp3) is 1.00. The summed E-state index contributed by atoms with van der Waals surface area (Å²) < 4.78 is 28.8. The number of fused-ring (bicyclic) bond motifs is 1. The van der Waals surface area contributed by atoms with Crippen LogP contribution in [0.25, 0.3) is 0 Å². The Morgan fingerprint density at radius 2 is 1.50 bits per heavy atom. The van der Waals surface area contributed by atoms with E-state index in [0.29, 0.717) is 13.2 Å². The van der Waals surface area contributed by atoms with E-state index in [2.05, 4.69) is 0 Å². The van der Waals surface area contributed by atoms with Crippen LogP contribution in [0.1, 0.15) is 34.1 Å². The number of ether oxygens (including phenoxy) is 5. The average molecular weight is 258 g/mol. The van der Waals surface area contributed by atoms with E-state index in [4.69, 9.17) is 23.7 Å². The summed E-state index contributed by atoms with van der Waals surface area (Å²) in [6, 6.07) is 0. The molecule has 18 heavy (non-hydrogen) atoms. The van der Waals surface area contributed by atoms with Gasteiger partial charge in [-0.05, 0) is 27.7 Å². The molecular weight excluding hydrogens is 236 g/mol. The van der Waals surface area contributed by atoms with Crippen molar-refractivity contribution in [3.05, 3.63) is 0 Å². The predicted octanol–water partition coefficient (Wildman–Crippen LogP) is 1.65. The normalized spacial score (nSPS) is 43.0. The maximum Gasteiger partial charge on any atom is 0.187 e. The highest BCUT2D eigenvalue weighted by Crippen LogP contribution is 2.40. The monoisotopic (exact) mass is 258 g/mol. The van der Waals surface area contributed by atoms with Gasteiger partial charge in [0.1, 0.15) is 6.10 Å². The molecule has 5 nitrogen and oxygen atoms in total. The maximum absolute atomic E-state index is 5.92. The van der Waals surface area contributed by atoms with Crippen molar-refractivity contribution in [2.75, 3.05) is 13.2 Å². The molecule has 0 saturated carbocycles. The van der Waals surface area contributed by atoms with E-state index in [1.54, 1.807) is 0 Å². The highest BCUT2D eigenvalue weighted by Gasteiger charge is 2.50. The number of rotatable bonds is 1. The second kappa shape index (κ2) is 4.15. The first kappa shape index (κ1) is 12.8. The van der Waals surface area contributed by atoms with Crippen molar-refractivity contribution in [3.63, 3.8) is 0 Å². The van der Waals surface area contributed by atoms with Gasteiger partial charge < -0.3 is 23.7 Å². The molecule has 3 heterocycles. The minimum absolute atomic E-state index is 0.0416. The van der Waals surface area contributed by atoms with E-state index in [1.807, 2.05) is 27.7 Å². The Morgan fingerprint density at radius 1 is 0.833 bits per heavy atom. The van der Waals surface area contributed by atoms with Crippen molar-refractivity contribution in [2.24, 2.45) is 5.92 Å². The molecule has 0 radical (unpaired) electrons. The minimum Gasteiger partial charge on any atom is -0.350 e. The average Bonchev–Trinajstić information content (AvgIpc) is 2.70. The van der Waals surface area contributed by atoms with Crippen LogP contribution in [0.2, 0.25) is 0 Å². The van der Waals surface area contributed by atoms with Crippen LogP contribution in [0.4, 0.5) is 0 Å². The Hall–Kier alpha value is -0.200. The minimum atomic E-state index is -0.526. The van der Waals surface area contributed by atoms with Gasteiger partial charge in [0.15, 0.2) is 17.9 Å². The van der Waals surface area contributed by atoms with E-state index in [-0.39, 0.29) is 24.4 Å². The third kappa shape index (κ3) is 2.42. The molecule has 5 heteroatoms. The molecular formula is C13H22O5. The molecule has 0 aliphatic carbocycles. The summed E-state index contributed by atoms with van der Waals surface area (Å²) in [5.41, 5.74) is 0. The van der Waals surface area contributed by atoms with Crippen LogP contribution >= 0.6 is 0 Å². The lowest BCUT2D eigenvalue weighted by atomic mass is 10.00. The summed E-state index contributed by atoms with van der Waals surface area (Å²) >= 11 is 0. The lowest BCUT2D eigenvalue weighted by Gasteiger charge is -2.37. The standard InChI is InChI=1S/C13H22O5/c1-12(2)14-6-8(7-15-12)9-5-10-11(16-9)18-13(3,4)17-10/h8-11H,5-7H2,1-4H3/t9-,10+,11?/m0/s1. The molecule has 0 spiro atoms. The highest BCUT2D eigenvalue weighted by molar-refractivity contribution is 4.89. The van der Waals surface area contributed by atoms with Crippen LogP contribution in [0.15, 0.2) is 0 Å². The molecule has 3 aliphatic rings. The van der Waals surface area contributed by atoms with Crippen molar-refractivity contribution in [1.29, 1.82) is 0 Å². The van der Waals surface area contributed by atoms with E-state index < -0.39 is 11.6 Å². The van der Waals surface area contributed by atoms with Crippen molar-refractivity contribution < 1.29 is 23.7 Å². The van der Waals surface area contributed by atoms with Gasteiger partial charge in [0, 0.05) is 12.3 Å². The van der Waals surface area contributed by atoms with E-state index in [1.165, 1.54) is 0 Å². The molecule has 0 bridgehead atoms. The molecule has 3 fully saturated rings. The zero-order chi connectivity index (χ0) is 13.0. The Bertz CT molecular complexity index is 301. The van der Waals surface area contributed by atoms with Crippen molar-refractivity contribution in [1.82, 2.24) is 0 Å². The van der Waals surface area contributed by atoms with Gasteiger partial charge in [-0.25, -0.2) is 0 Å². The summed E-state index contributed by atoms with van der Waals surface area (Å²) in [6.07, 6.45) is 0.762. The molecule has 3 aliphatic heterocycles. The smallest absolute Gasteiger partial charge is 0.187 e. The zero-order valence-electron chi connectivity index (χ0n) is 11.5. The van der Waals surface area contributed by atoms with Gasteiger partial charge >= 0.3 is 0 Å². The molecule has 0 aromatic heterocycles. The third-order valence-electron chi connectivity index (χ3n) is 3.73. The molecule has 0 aromatic carbocycles. The first-order chi connectivity index (χ1) is 8.35. The van der Waals surface area contributed by atoms with Gasteiger partial charge in [-0.3, -0.25) is 0 Å². The van der Waals surface area contributed by atoms with Crippen molar-refractivity contribution in [3.8, 4) is 0 Å². The van der Waals surface area contributed by atoms with E-state index in [0.717, 1.165) is 6.42 Å². The fourth-order valence-electron chi connectivity index (χ4n) is 2.76. The van der Waals surface area contributed by atoms with E-state index in [9.17, 15) is 0 Å². The fourth-order valence-corrected chi connectivity index (χ4v) is 2.76. The van der Waals surface area contributed by atoms with Gasteiger partial charge in [-0.1, -0.05) is 0 Å². The van der Waals surface area contributed by atoms with Crippen LogP contribution in [0, 0.1) is 5.92 Å². The molecule has 3 saturated heterocycles. The molecule has 3 atom stereocenters. The van der Waals surface area contributed by atoms with Gasteiger partial charge in [0.05, 0.1) is 19.3 Å². The number of hydrogen-bond donors (Lipinski definition) is 0. The molecule has 1 unspecified atom stereocenters. The van der Waals surface area contributed by atoms with Crippen LogP contribution in [-0.4, -0.2) is 43.3 Å². The quantitative estimate of drug-likeness (QED) is 0.715. The van der Waals surface area contributed by atoms with Gasteiger partial charge in [-0.15, -0.1) is 0 Å². The lowest BCUT2D eigenvalue weighted by Crippen LogP contribution is -2.43. The van der Waals surface area contributed by atoms with Crippen LogP contribution in [0.3, 0.4) is 0 Å². The predicted molar refractivity (Wildman–Crippen MR) is 62.8 cm³/mol. The van der Waals surface area contributed by atoms with Gasteiger partial charge in [-0.2, -0.15) is 0 Å². The first-order valence-corrected chi connectivity index (χ1v) is 6.64. The van der Waals surface area contributed by atoms with E-state index >= 15 is 0 Å². The Kier molecular flexibility index (Phi) is 2.95. The van der Waals surface area contributed by atoms with Crippen LogP contribution in [-0.2, 0) is 23.7 Å². The summed E-state index contributed by atoms with van der Waals surface area (Å²) in [5, 5.41) is 0. The molecule has 0 amide bonds. The molecule has 104 valence electrons. The Balaban J connectivity index is 1.56. The summed E-state index contributed by atoms with van der Waals surface area (Å²) in [5.74, 6) is -0.735. The first-order valence-electron chi connectivity index (χ1n) is 6.64. The molecule has 3 rings (SSSR count). The van der Waals surface area contributed by atoms with Gasteiger partial charge in [0.25, 0.3) is 0 Å². The Morgan fingerprint density at radius 3 is 2.11 bits per heavy atom. The molecule has 0 N–H and O–H groups in total. The van der Waals surface area contributed by atoms with Crippen molar-refractivity contribution in [2.45, 2.75) is 64.2 Å². The Labute approximate surface area is 108 Å². The van der Waals surface area contributed by atoms with Crippen LogP contribution < -0.4 is 0 Å². The third-order valence-corrected chi connectivity index (χ3v) is 3.73. The molecule has 0 aromatic rings. The second-order valence-electron chi connectivity index (χ2n) is 6.23. The van der Waals surface area contributed by atoms with Crippen LogP contribution in [0.5, 0.6) is 0 Å². The van der Waals surface area contributed by atoms with Crippen molar-refractivity contribution >= 4 is 0 Å². The van der Waals surface area contributed by atoms with Gasteiger partial charge in [0.2, 0.25) is 0 Å². The maximum atomic E-state index is 5.92. The summed E-state index contributed by atoms with van der Waals surface area (Å²) in [7, 11) is 0. The second-order valence-corrected chi connectivity index (χ2v) is 6.23. The largest absolute Gasteiger partial charge is 0.350 e. The number of hydrogen-bond acceptors (Lipinski definition) is 5. The lowest BCUT2D eigenvalue weighted by molar-refractivity contribution is -0.281. The topological polar surface area (TPSA) is 46.2 Å². The summed E-state index contributed by atoms with van der Waals surface area (Å²) in [4.78, 5) is 0. The highest BCUT2D eigenvalue weighted by atomic mass is 16.8. The summed E-state index contributed by atoms with van der Waals surface area (Å²) in [6.45, 7) is 9.03. The zero-order valence-corrected chi connectivity index (χ0v) is 11.5.